The van der Waals surface area contributed by atoms with Gasteiger partial charge in [-0.05, 0) is 36.8 Å². The van der Waals surface area contributed by atoms with Gasteiger partial charge in [0.25, 0.3) is 5.95 Å². The summed E-state index contributed by atoms with van der Waals surface area (Å²) in [7, 11) is 0. The van der Waals surface area contributed by atoms with Crippen LogP contribution >= 0.6 is 23.4 Å². The Balaban J connectivity index is 1.52. The number of amides is 1. The van der Waals surface area contributed by atoms with Crippen LogP contribution in [0, 0.1) is 6.92 Å². The first-order valence-corrected chi connectivity index (χ1v) is 9.62. The molecule has 8 nitrogen and oxygen atoms in total. The summed E-state index contributed by atoms with van der Waals surface area (Å²) in [5.74, 6) is 6.18. The zero-order valence-electron chi connectivity index (χ0n) is 15.0. The standard InChI is InChI=1S/C18H18ClN7OS/c1-12-5-7-15(8-6-12)22-16(27)11-28-18-25-24-17(26(18)20)23-21-10-13-3-2-4-14(19)9-13/h2-10H,11,20H2,1H3,(H,22,27)(H,23,24)/b21-10+. The van der Waals surface area contributed by atoms with Crippen LogP contribution in [0.5, 0.6) is 0 Å². The van der Waals surface area contributed by atoms with Crippen LogP contribution in [0.2, 0.25) is 5.02 Å². The quantitative estimate of drug-likeness (QED) is 0.236. The molecule has 0 spiro atoms. The fraction of sp³-hybridized carbons (Fsp3) is 0.111. The van der Waals surface area contributed by atoms with Crippen LogP contribution in [0.25, 0.3) is 0 Å². The third kappa shape index (κ3) is 5.48. The monoisotopic (exact) mass is 415 g/mol. The summed E-state index contributed by atoms with van der Waals surface area (Å²) in [6.07, 6.45) is 1.59. The molecule has 0 aliphatic heterocycles. The fourth-order valence-electron chi connectivity index (χ4n) is 2.17. The minimum absolute atomic E-state index is 0.148. The van der Waals surface area contributed by atoms with Crippen LogP contribution in [-0.2, 0) is 4.79 Å². The number of nitrogens with two attached hydrogens (primary N) is 1. The van der Waals surface area contributed by atoms with E-state index in [1.54, 1.807) is 18.3 Å². The highest BCUT2D eigenvalue weighted by atomic mass is 35.5. The molecule has 144 valence electrons. The molecule has 0 saturated heterocycles. The Morgan fingerprint density at radius 3 is 2.82 bits per heavy atom. The van der Waals surface area contributed by atoms with E-state index in [4.69, 9.17) is 17.4 Å². The van der Waals surface area contributed by atoms with Gasteiger partial charge in [-0.15, -0.1) is 10.2 Å². The highest BCUT2D eigenvalue weighted by Gasteiger charge is 2.12. The van der Waals surface area contributed by atoms with Gasteiger partial charge in [-0.2, -0.15) is 5.10 Å². The molecular weight excluding hydrogens is 398 g/mol. The van der Waals surface area contributed by atoms with E-state index in [1.165, 1.54) is 16.4 Å². The summed E-state index contributed by atoms with van der Waals surface area (Å²) < 4.78 is 1.24. The number of aromatic nitrogens is 3. The number of carbonyl (C=O) groups excluding carboxylic acids is 1. The molecule has 2 aromatic carbocycles. The van der Waals surface area contributed by atoms with Crippen molar-refractivity contribution < 1.29 is 4.79 Å². The molecule has 0 saturated carbocycles. The predicted molar refractivity (Wildman–Crippen MR) is 113 cm³/mol. The van der Waals surface area contributed by atoms with Gasteiger partial charge in [0.1, 0.15) is 0 Å². The summed E-state index contributed by atoms with van der Waals surface area (Å²) in [5.41, 5.74) is 5.40. The minimum atomic E-state index is -0.162. The number of benzene rings is 2. The molecule has 0 bridgehead atoms. The number of anilines is 2. The van der Waals surface area contributed by atoms with Gasteiger partial charge in [-0.3, -0.25) is 4.79 Å². The van der Waals surface area contributed by atoms with Crippen molar-refractivity contribution >= 4 is 47.1 Å². The van der Waals surface area contributed by atoms with Crippen LogP contribution in [0.4, 0.5) is 11.6 Å². The summed E-state index contributed by atoms with van der Waals surface area (Å²) >= 11 is 7.10. The molecule has 4 N–H and O–H groups in total. The Kier molecular flexibility index (Phi) is 6.51. The Bertz CT molecular complexity index is 988. The number of thioether (sulfide) groups is 1. The lowest BCUT2D eigenvalue weighted by Crippen LogP contribution is -2.16. The fourth-order valence-corrected chi connectivity index (χ4v) is 3.02. The molecule has 1 amide bonds. The van der Waals surface area contributed by atoms with Crippen LogP contribution in [0.15, 0.2) is 58.8 Å². The second-order valence-corrected chi connectivity index (χ2v) is 7.18. The zero-order valence-corrected chi connectivity index (χ0v) is 16.5. The summed E-state index contributed by atoms with van der Waals surface area (Å²) in [6, 6.07) is 14.8. The average molecular weight is 416 g/mol. The maximum atomic E-state index is 12.1. The van der Waals surface area contributed by atoms with Crippen molar-refractivity contribution in [2.24, 2.45) is 5.10 Å². The Labute approximate surface area is 171 Å². The van der Waals surface area contributed by atoms with Gasteiger partial charge >= 0.3 is 0 Å². The van der Waals surface area contributed by atoms with Crippen molar-refractivity contribution in [3.05, 3.63) is 64.7 Å². The number of nitrogens with one attached hydrogen (secondary N) is 2. The normalized spacial score (nSPS) is 10.9. The molecule has 10 heteroatoms. The Morgan fingerprint density at radius 1 is 1.29 bits per heavy atom. The maximum Gasteiger partial charge on any atom is 0.264 e. The Morgan fingerprint density at radius 2 is 2.07 bits per heavy atom. The van der Waals surface area contributed by atoms with Gasteiger partial charge < -0.3 is 11.2 Å². The van der Waals surface area contributed by atoms with E-state index in [0.29, 0.717) is 10.2 Å². The zero-order chi connectivity index (χ0) is 19.9. The number of nitrogens with zero attached hydrogens (tertiary/aromatic N) is 4. The van der Waals surface area contributed by atoms with Crippen molar-refractivity contribution in [2.75, 3.05) is 22.3 Å². The van der Waals surface area contributed by atoms with Gasteiger partial charge in [-0.25, -0.2) is 10.1 Å². The maximum absolute atomic E-state index is 12.1. The van der Waals surface area contributed by atoms with E-state index >= 15 is 0 Å². The summed E-state index contributed by atoms with van der Waals surface area (Å²) in [6.45, 7) is 1.99. The molecule has 0 atom stereocenters. The molecule has 0 radical (unpaired) electrons. The first-order chi connectivity index (χ1) is 13.5. The lowest BCUT2D eigenvalue weighted by molar-refractivity contribution is -0.113. The molecule has 3 aromatic rings. The van der Waals surface area contributed by atoms with E-state index in [0.717, 1.165) is 16.8 Å². The molecule has 0 unspecified atom stereocenters. The second kappa shape index (κ2) is 9.25. The molecule has 1 heterocycles. The van der Waals surface area contributed by atoms with Gasteiger partial charge in [0.15, 0.2) is 0 Å². The van der Waals surface area contributed by atoms with Crippen LogP contribution in [-0.4, -0.2) is 32.7 Å². The van der Waals surface area contributed by atoms with E-state index in [9.17, 15) is 4.79 Å². The van der Waals surface area contributed by atoms with Crippen molar-refractivity contribution in [3.8, 4) is 0 Å². The number of hydrazone groups is 1. The summed E-state index contributed by atoms with van der Waals surface area (Å²) in [5, 5.41) is 15.8. The molecule has 28 heavy (non-hydrogen) atoms. The van der Waals surface area contributed by atoms with E-state index < -0.39 is 0 Å². The number of hydrogen-bond acceptors (Lipinski definition) is 7. The van der Waals surface area contributed by atoms with Crippen LogP contribution < -0.4 is 16.6 Å². The molecule has 1 aromatic heterocycles. The largest absolute Gasteiger partial charge is 0.334 e. The first-order valence-electron chi connectivity index (χ1n) is 8.26. The second-order valence-electron chi connectivity index (χ2n) is 5.80. The number of aryl methyl sites for hydroxylation is 1. The third-order valence-corrected chi connectivity index (χ3v) is 4.74. The molecule has 0 fully saturated rings. The molecule has 0 aliphatic rings. The van der Waals surface area contributed by atoms with Crippen molar-refractivity contribution in [2.45, 2.75) is 12.1 Å². The van der Waals surface area contributed by atoms with Crippen LogP contribution in [0.1, 0.15) is 11.1 Å². The molecule has 0 aliphatic carbocycles. The first kappa shape index (κ1) is 19.7. The smallest absolute Gasteiger partial charge is 0.264 e. The average Bonchev–Trinajstić information content (AvgIpc) is 3.02. The predicted octanol–water partition coefficient (Wildman–Crippen LogP) is 3.13. The van der Waals surface area contributed by atoms with E-state index in [2.05, 4.69) is 26.0 Å². The van der Waals surface area contributed by atoms with Crippen LogP contribution in [0.3, 0.4) is 0 Å². The SMILES string of the molecule is Cc1ccc(NC(=O)CSc2nnc(N/N=C/c3cccc(Cl)c3)n2N)cc1. The van der Waals surface area contributed by atoms with Gasteiger partial charge in [0, 0.05) is 10.7 Å². The minimum Gasteiger partial charge on any atom is -0.334 e. The van der Waals surface area contributed by atoms with Gasteiger partial charge in [-0.1, -0.05) is 53.2 Å². The molecule has 3 rings (SSSR count). The highest BCUT2D eigenvalue weighted by molar-refractivity contribution is 7.99. The lowest BCUT2D eigenvalue weighted by atomic mass is 10.2. The van der Waals surface area contributed by atoms with E-state index in [1.807, 2.05) is 43.3 Å². The number of nitrogen functional groups attached to an aromatic ring is 1. The van der Waals surface area contributed by atoms with Crippen molar-refractivity contribution in [1.29, 1.82) is 0 Å². The lowest BCUT2D eigenvalue weighted by Gasteiger charge is -2.05. The number of halogens is 1. The molecular formula is C18H18ClN7OS. The van der Waals surface area contributed by atoms with Crippen molar-refractivity contribution in [1.82, 2.24) is 14.9 Å². The van der Waals surface area contributed by atoms with Crippen molar-refractivity contribution in [3.63, 3.8) is 0 Å². The third-order valence-electron chi connectivity index (χ3n) is 3.56. The Hall–Kier alpha value is -3.04. The number of rotatable bonds is 7. The van der Waals surface area contributed by atoms with Gasteiger partial charge in [0.05, 0.1) is 12.0 Å². The highest BCUT2D eigenvalue weighted by Crippen LogP contribution is 2.17. The topological polar surface area (TPSA) is 110 Å². The van der Waals surface area contributed by atoms with E-state index in [-0.39, 0.29) is 17.6 Å². The van der Waals surface area contributed by atoms with Gasteiger partial charge in [0.2, 0.25) is 11.1 Å². The number of hydrogen-bond donors (Lipinski definition) is 3. The summed E-state index contributed by atoms with van der Waals surface area (Å²) in [4.78, 5) is 12.1. The number of carbonyl (C=O) groups is 1.